The van der Waals surface area contributed by atoms with Crippen LogP contribution in [0.2, 0.25) is 0 Å². The van der Waals surface area contributed by atoms with Gasteiger partial charge in [0, 0.05) is 35.6 Å². The maximum absolute atomic E-state index is 4.65. The zero-order chi connectivity index (χ0) is 24.2. The lowest BCUT2D eigenvalue weighted by atomic mass is 10.0. The quantitative estimate of drug-likeness (QED) is 0.256. The largest absolute Gasteiger partial charge is 0.278 e. The van der Waals surface area contributed by atoms with Gasteiger partial charge in [0.15, 0.2) is 0 Å². The first-order valence-corrected chi connectivity index (χ1v) is 11.7. The van der Waals surface area contributed by atoms with Crippen LogP contribution in [-0.4, -0.2) is 19.9 Å². The smallest absolute Gasteiger partial charge is 0.138 e. The number of fused-ring (bicyclic) bond motifs is 1. The van der Waals surface area contributed by atoms with Gasteiger partial charge in [0.25, 0.3) is 0 Å². The first-order chi connectivity index (χ1) is 17.9. The molecule has 6 rings (SSSR count). The van der Waals surface area contributed by atoms with Gasteiger partial charge in [-0.25, -0.2) is 19.9 Å². The molecule has 36 heavy (non-hydrogen) atoms. The van der Waals surface area contributed by atoms with Gasteiger partial charge in [0.05, 0.1) is 11.4 Å². The average Bonchev–Trinajstić information content (AvgIpc) is 2.96. The standard InChI is InChI=1S/C30H22N6/c1-5-19-31-27(15-1)35(28-16-2-6-20-32-28)25-13-9-12-24-23(25)11-10-14-26(24)36(29-17-3-7-21-33-29)30-18-4-8-22-34-30/h1-22H. The molecular formula is C30H22N6. The Labute approximate surface area is 209 Å². The fraction of sp³-hybridized carbons (Fsp3) is 0. The lowest BCUT2D eigenvalue weighted by Gasteiger charge is -2.27. The van der Waals surface area contributed by atoms with Crippen LogP contribution >= 0.6 is 0 Å². The van der Waals surface area contributed by atoms with Crippen LogP contribution in [0.4, 0.5) is 34.6 Å². The molecule has 2 aromatic carbocycles. The second-order valence-corrected chi connectivity index (χ2v) is 8.07. The number of pyridine rings is 4. The van der Waals surface area contributed by atoms with E-state index in [1.807, 2.05) is 72.8 Å². The molecular weight excluding hydrogens is 444 g/mol. The van der Waals surface area contributed by atoms with Crippen LogP contribution in [0.25, 0.3) is 10.8 Å². The van der Waals surface area contributed by atoms with Crippen molar-refractivity contribution in [2.75, 3.05) is 9.80 Å². The Morgan fingerprint density at radius 1 is 0.333 bits per heavy atom. The molecule has 0 saturated heterocycles. The van der Waals surface area contributed by atoms with Crippen LogP contribution in [0.15, 0.2) is 134 Å². The maximum atomic E-state index is 4.65. The summed E-state index contributed by atoms with van der Waals surface area (Å²) in [5, 5.41) is 2.12. The van der Waals surface area contributed by atoms with Crippen molar-refractivity contribution in [3.63, 3.8) is 0 Å². The fourth-order valence-electron chi connectivity index (χ4n) is 4.34. The summed E-state index contributed by atoms with van der Waals surface area (Å²) in [5.41, 5.74) is 1.96. The van der Waals surface area contributed by atoms with Crippen LogP contribution in [0.5, 0.6) is 0 Å². The van der Waals surface area contributed by atoms with Gasteiger partial charge in [-0.2, -0.15) is 0 Å². The molecule has 6 aromatic rings. The van der Waals surface area contributed by atoms with E-state index in [4.69, 9.17) is 0 Å². The van der Waals surface area contributed by atoms with Crippen molar-refractivity contribution in [3.05, 3.63) is 134 Å². The number of anilines is 6. The van der Waals surface area contributed by atoms with E-state index < -0.39 is 0 Å². The number of nitrogens with zero attached hydrogens (tertiary/aromatic N) is 6. The number of rotatable bonds is 6. The summed E-state index contributed by atoms with van der Waals surface area (Å²) in [6, 6.07) is 36.1. The third kappa shape index (κ3) is 4.01. The SMILES string of the molecule is c1ccc(N(c2ccccn2)c2cccc3c(N(c4ccccn4)c4ccccn4)cccc23)nc1. The molecule has 0 unspecified atom stereocenters. The van der Waals surface area contributed by atoms with Crippen molar-refractivity contribution in [2.45, 2.75) is 0 Å². The van der Waals surface area contributed by atoms with Gasteiger partial charge in [0.1, 0.15) is 23.3 Å². The Morgan fingerprint density at radius 3 is 0.944 bits per heavy atom. The Kier molecular flexibility index (Phi) is 5.74. The second kappa shape index (κ2) is 9.64. The van der Waals surface area contributed by atoms with Gasteiger partial charge >= 0.3 is 0 Å². The highest BCUT2D eigenvalue weighted by atomic mass is 15.2. The number of benzene rings is 2. The van der Waals surface area contributed by atoms with Crippen LogP contribution < -0.4 is 9.80 Å². The van der Waals surface area contributed by atoms with Gasteiger partial charge in [-0.05, 0) is 60.7 Å². The van der Waals surface area contributed by atoms with Crippen LogP contribution in [-0.2, 0) is 0 Å². The summed E-state index contributed by atoms with van der Waals surface area (Å²) < 4.78 is 0. The molecule has 0 saturated carbocycles. The normalized spacial score (nSPS) is 10.8. The molecule has 0 fully saturated rings. The van der Waals surface area contributed by atoms with Crippen molar-refractivity contribution in [1.82, 2.24) is 19.9 Å². The molecule has 0 amide bonds. The van der Waals surface area contributed by atoms with Gasteiger partial charge in [-0.1, -0.05) is 48.5 Å². The summed E-state index contributed by atoms with van der Waals surface area (Å²) in [4.78, 5) is 22.8. The Bertz CT molecular complexity index is 1370. The molecule has 0 N–H and O–H groups in total. The van der Waals surface area contributed by atoms with Crippen molar-refractivity contribution < 1.29 is 0 Å². The molecule has 0 radical (unpaired) electrons. The van der Waals surface area contributed by atoms with Gasteiger partial charge in [-0.15, -0.1) is 0 Å². The van der Waals surface area contributed by atoms with Crippen molar-refractivity contribution >= 4 is 45.4 Å². The van der Waals surface area contributed by atoms with E-state index in [0.29, 0.717) is 0 Å². The fourth-order valence-corrected chi connectivity index (χ4v) is 4.34. The first kappa shape index (κ1) is 21.4. The third-order valence-electron chi connectivity index (χ3n) is 5.87. The molecule has 6 nitrogen and oxygen atoms in total. The van der Waals surface area contributed by atoms with Crippen molar-refractivity contribution in [1.29, 1.82) is 0 Å². The summed E-state index contributed by atoms with van der Waals surface area (Å²) >= 11 is 0. The Balaban J connectivity index is 1.59. The van der Waals surface area contributed by atoms with E-state index in [0.717, 1.165) is 45.4 Å². The molecule has 4 aromatic heterocycles. The highest BCUT2D eigenvalue weighted by Crippen LogP contribution is 2.42. The average molecular weight is 467 g/mol. The minimum Gasteiger partial charge on any atom is -0.278 e. The monoisotopic (exact) mass is 466 g/mol. The molecule has 4 heterocycles. The van der Waals surface area contributed by atoms with Crippen molar-refractivity contribution in [3.8, 4) is 0 Å². The maximum Gasteiger partial charge on any atom is 0.138 e. The summed E-state index contributed by atoms with van der Waals surface area (Å²) in [5.74, 6) is 3.17. The summed E-state index contributed by atoms with van der Waals surface area (Å²) in [7, 11) is 0. The molecule has 0 aliphatic carbocycles. The summed E-state index contributed by atoms with van der Waals surface area (Å²) in [6.07, 6.45) is 7.19. The van der Waals surface area contributed by atoms with E-state index in [1.54, 1.807) is 24.8 Å². The number of aromatic nitrogens is 4. The molecule has 172 valence electrons. The number of hydrogen-bond acceptors (Lipinski definition) is 6. The summed E-state index contributed by atoms with van der Waals surface area (Å²) in [6.45, 7) is 0. The van der Waals surface area contributed by atoms with Crippen LogP contribution in [0.3, 0.4) is 0 Å². The van der Waals surface area contributed by atoms with E-state index in [9.17, 15) is 0 Å². The topological polar surface area (TPSA) is 58.0 Å². The van der Waals surface area contributed by atoms with Crippen LogP contribution in [0.1, 0.15) is 0 Å². The lowest BCUT2D eigenvalue weighted by molar-refractivity contribution is 1.13. The van der Waals surface area contributed by atoms with Gasteiger partial charge < -0.3 is 0 Å². The molecule has 0 aliphatic rings. The highest BCUT2D eigenvalue weighted by molar-refractivity contribution is 6.06. The predicted octanol–water partition coefficient (Wildman–Crippen LogP) is 7.36. The minimum atomic E-state index is 0.792. The van der Waals surface area contributed by atoms with Crippen LogP contribution in [0, 0.1) is 0 Å². The minimum absolute atomic E-state index is 0.792. The zero-order valence-electron chi connectivity index (χ0n) is 19.4. The van der Waals surface area contributed by atoms with E-state index in [2.05, 4.69) is 66.1 Å². The molecule has 0 atom stereocenters. The van der Waals surface area contributed by atoms with Gasteiger partial charge in [-0.3, -0.25) is 9.80 Å². The molecule has 0 bridgehead atoms. The third-order valence-corrected chi connectivity index (χ3v) is 5.87. The predicted molar refractivity (Wildman–Crippen MR) is 144 cm³/mol. The first-order valence-electron chi connectivity index (χ1n) is 11.7. The zero-order valence-corrected chi connectivity index (χ0v) is 19.4. The molecule has 0 spiro atoms. The number of hydrogen-bond donors (Lipinski definition) is 0. The van der Waals surface area contributed by atoms with E-state index >= 15 is 0 Å². The lowest BCUT2D eigenvalue weighted by Crippen LogP contribution is -2.15. The van der Waals surface area contributed by atoms with E-state index in [1.165, 1.54) is 0 Å². The van der Waals surface area contributed by atoms with Crippen molar-refractivity contribution in [2.24, 2.45) is 0 Å². The Hall–Kier alpha value is -5.10. The molecule has 0 aliphatic heterocycles. The Morgan fingerprint density at radius 2 is 0.667 bits per heavy atom. The van der Waals surface area contributed by atoms with E-state index in [-0.39, 0.29) is 0 Å². The second-order valence-electron chi connectivity index (χ2n) is 8.07. The molecule has 6 heteroatoms. The highest BCUT2D eigenvalue weighted by Gasteiger charge is 2.21. The van der Waals surface area contributed by atoms with Gasteiger partial charge in [0.2, 0.25) is 0 Å².